The van der Waals surface area contributed by atoms with Crippen molar-refractivity contribution in [1.29, 1.82) is 0 Å². The third kappa shape index (κ3) is 1.17. The molecule has 0 saturated heterocycles. The van der Waals surface area contributed by atoms with Gasteiger partial charge in [0.25, 0.3) is 0 Å². The monoisotopic (exact) mass is 220 g/mol. The first-order valence-electron chi connectivity index (χ1n) is 4.04. The van der Waals surface area contributed by atoms with Crippen LogP contribution in [0.1, 0.15) is 0 Å². The first-order valence-corrected chi connectivity index (χ1v) is 4.04. The Morgan fingerprint density at radius 2 is 1.38 bits per heavy atom. The second-order valence-corrected chi connectivity index (χ2v) is 2.69. The van der Waals surface area contributed by atoms with Crippen LogP contribution in [0.5, 0.6) is 0 Å². The Morgan fingerprint density at radius 1 is 0.875 bits per heavy atom. The lowest BCUT2D eigenvalue weighted by Gasteiger charge is -1.87. The second kappa shape index (κ2) is 3.04. The van der Waals surface area contributed by atoms with Gasteiger partial charge in [-0.3, -0.25) is 0 Å². The van der Waals surface area contributed by atoms with Crippen LogP contribution in [0, 0.1) is 0 Å². The topological polar surface area (TPSA) is 166 Å². The molecule has 0 fully saturated rings. The van der Waals surface area contributed by atoms with Crippen molar-refractivity contribution in [2.24, 2.45) is 0 Å². The highest BCUT2D eigenvalue weighted by atomic mass is 15.6. The summed E-state index contributed by atoms with van der Waals surface area (Å²) >= 11 is 0. The molecule has 0 spiro atoms. The van der Waals surface area contributed by atoms with Crippen LogP contribution in [0.2, 0.25) is 0 Å². The third-order valence-corrected chi connectivity index (χ3v) is 1.74. The van der Waals surface area contributed by atoms with E-state index in [1.807, 2.05) is 0 Å². The summed E-state index contributed by atoms with van der Waals surface area (Å²) in [7, 11) is 0. The average molecular weight is 220 g/mol. The Balaban J connectivity index is 2.19. The number of hydrogen-bond donors (Lipinski definition) is 3. The van der Waals surface area contributed by atoms with Crippen molar-refractivity contribution in [2.75, 3.05) is 5.84 Å². The minimum absolute atomic E-state index is 0.247. The summed E-state index contributed by atoms with van der Waals surface area (Å²) in [4.78, 5) is 0.872. The largest absolute Gasteiger partial charge is 0.306 e. The zero-order valence-corrected chi connectivity index (χ0v) is 7.60. The maximum Gasteiger partial charge on any atom is 0.227 e. The molecule has 0 aromatic carbocycles. The molecule has 0 atom stereocenters. The molecule has 12 nitrogen and oxygen atoms in total. The standard InChI is InChI=1S/C4H4N12/c5-16-10-1(3-6-12-13-7-3)2(11-16)4-8-14-15-9-4/h5H2,(H,6,7,12,13)(H,8,9,14,15). The zero-order valence-electron chi connectivity index (χ0n) is 7.60. The number of rotatable bonds is 2. The molecule has 0 saturated carbocycles. The summed E-state index contributed by atoms with van der Waals surface area (Å²) in [6, 6.07) is 0. The Kier molecular flexibility index (Phi) is 1.60. The van der Waals surface area contributed by atoms with Crippen LogP contribution in [0.4, 0.5) is 0 Å². The van der Waals surface area contributed by atoms with Crippen LogP contribution < -0.4 is 5.84 Å². The molecular weight excluding hydrogens is 216 g/mol. The lowest BCUT2D eigenvalue weighted by molar-refractivity contribution is 0.709. The Hall–Kier alpha value is -2.92. The summed E-state index contributed by atoms with van der Waals surface area (Å²) in [5, 5.41) is 34.3. The van der Waals surface area contributed by atoms with E-state index < -0.39 is 0 Å². The molecule has 0 aliphatic heterocycles. The molecule has 16 heavy (non-hydrogen) atoms. The first-order chi connectivity index (χ1) is 7.84. The molecule has 0 aliphatic rings. The van der Waals surface area contributed by atoms with Gasteiger partial charge in [0.1, 0.15) is 0 Å². The molecule has 0 unspecified atom stereocenters. The molecule has 12 heteroatoms. The van der Waals surface area contributed by atoms with E-state index in [0.29, 0.717) is 11.4 Å². The summed E-state index contributed by atoms with van der Waals surface area (Å²) in [5.41, 5.74) is 0.635. The van der Waals surface area contributed by atoms with Gasteiger partial charge in [-0.2, -0.15) is 10.4 Å². The second-order valence-electron chi connectivity index (χ2n) is 2.69. The van der Waals surface area contributed by atoms with Gasteiger partial charge in [-0.15, -0.1) is 30.6 Å². The molecule has 3 heterocycles. The fourth-order valence-corrected chi connectivity index (χ4v) is 1.15. The SMILES string of the molecule is Nn1nc(-c2nn[nH]n2)c(-c2nn[nH]n2)n1. The van der Waals surface area contributed by atoms with Crippen molar-refractivity contribution in [1.82, 2.24) is 56.4 Å². The van der Waals surface area contributed by atoms with Gasteiger partial charge >= 0.3 is 0 Å². The van der Waals surface area contributed by atoms with Crippen molar-refractivity contribution in [3.8, 4) is 23.0 Å². The number of hydrogen-bond acceptors (Lipinski definition) is 9. The highest BCUT2D eigenvalue weighted by Gasteiger charge is 2.20. The summed E-state index contributed by atoms with van der Waals surface area (Å²) in [5.74, 6) is 5.91. The fourth-order valence-electron chi connectivity index (χ4n) is 1.15. The van der Waals surface area contributed by atoms with Crippen molar-refractivity contribution < 1.29 is 0 Å². The highest BCUT2D eigenvalue weighted by molar-refractivity contribution is 5.68. The van der Waals surface area contributed by atoms with Crippen LogP contribution in [-0.2, 0) is 0 Å². The third-order valence-electron chi connectivity index (χ3n) is 1.74. The highest BCUT2D eigenvalue weighted by Crippen LogP contribution is 2.21. The van der Waals surface area contributed by atoms with Crippen LogP contribution >= 0.6 is 0 Å². The van der Waals surface area contributed by atoms with Gasteiger partial charge in [0, 0.05) is 0 Å². The molecule has 3 aromatic rings. The average Bonchev–Trinajstić information content (AvgIpc) is 2.98. The van der Waals surface area contributed by atoms with Crippen LogP contribution in [-0.4, -0.2) is 56.4 Å². The maximum atomic E-state index is 5.41. The number of aromatic amines is 2. The number of tetrazole rings is 2. The normalized spacial score (nSPS) is 10.8. The van der Waals surface area contributed by atoms with Gasteiger partial charge in [0.2, 0.25) is 11.6 Å². The Morgan fingerprint density at radius 3 is 1.75 bits per heavy atom. The van der Waals surface area contributed by atoms with Crippen molar-refractivity contribution in [3.63, 3.8) is 0 Å². The number of nitrogen functional groups attached to an aromatic ring is 1. The maximum absolute atomic E-state index is 5.41. The smallest absolute Gasteiger partial charge is 0.227 e. The van der Waals surface area contributed by atoms with Gasteiger partial charge < -0.3 is 5.84 Å². The quantitative estimate of drug-likeness (QED) is 0.391. The van der Waals surface area contributed by atoms with Gasteiger partial charge in [-0.05, 0) is 10.4 Å². The van der Waals surface area contributed by atoms with Crippen LogP contribution in [0.3, 0.4) is 0 Å². The molecule has 4 N–H and O–H groups in total. The van der Waals surface area contributed by atoms with Crippen LogP contribution in [0.25, 0.3) is 23.0 Å². The predicted octanol–water partition coefficient (Wildman–Crippen LogP) is -2.65. The number of nitrogens with zero attached hydrogens (tertiary/aromatic N) is 9. The van der Waals surface area contributed by atoms with E-state index in [1.54, 1.807) is 0 Å². The molecule has 3 rings (SSSR count). The van der Waals surface area contributed by atoms with E-state index in [1.165, 1.54) is 0 Å². The summed E-state index contributed by atoms with van der Waals surface area (Å²) in [6.07, 6.45) is 0. The van der Waals surface area contributed by atoms with Crippen LogP contribution in [0.15, 0.2) is 0 Å². The molecule has 80 valence electrons. The van der Waals surface area contributed by atoms with E-state index in [4.69, 9.17) is 5.84 Å². The minimum Gasteiger partial charge on any atom is -0.306 e. The Bertz CT molecular complexity index is 521. The summed E-state index contributed by atoms with van der Waals surface area (Å²) < 4.78 is 0. The van der Waals surface area contributed by atoms with E-state index in [2.05, 4.69) is 51.4 Å². The number of nitrogens with two attached hydrogens (primary N) is 1. The number of H-pyrrole nitrogens is 2. The predicted molar refractivity (Wildman–Crippen MR) is 46.5 cm³/mol. The molecule has 0 amide bonds. The molecular formula is C4H4N12. The van der Waals surface area contributed by atoms with Gasteiger partial charge in [-0.1, -0.05) is 4.91 Å². The van der Waals surface area contributed by atoms with E-state index in [-0.39, 0.29) is 11.6 Å². The van der Waals surface area contributed by atoms with Crippen molar-refractivity contribution in [2.45, 2.75) is 0 Å². The lowest BCUT2D eigenvalue weighted by atomic mass is 10.3. The minimum atomic E-state index is 0.247. The van der Waals surface area contributed by atoms with E-state index in [9.17, 15) is 0 Å². The zero-order chi connectivity index (χ0) is 11.0. The lowest BCUT2D eigenvalue weighted by Crippen LogP contribution is -2.11. The first kappa shape index (κ1) is 8.39. The van der Waals surface area contributed by atoms with Crippen molar-refractivity contribution in [3.05, 3.63) is 0 Å². The van der Waals surface area contributed by atoms with E-state index in [0.717, 1.165) is 4.91 Å². The van der Waals surface area contributed by atoms with Gasteiger partial charge in [0.05, 0.1) is 0 Å². The van der Waals surface area contributed by atoms with Crippen molar-refractivity contribution >= 4 is 0 Å². The van der Waals surface area contributed by atoms with E-state index >= 15 is 0 Å². The Labute approximate surface area is 86.2 Å². The number of aromatic nitrogens is 11. The molecule has 0 bridgehead atoms. The van der Waals surface area contributed by atoms with Gasteiger partial charge in [-0.25, -0.2) is 0 Å². The fraction of sp³-hybridized carbons (Fsp3) is 0. The molecule has 0 aliphatic carbocycles. The number of nitrogens with one attached hydrogen (secondary N) is 2. The van der Waals surface area contributed by atoms with Gasteiger partial charge in [0.15, 0.2) is 11.4 Å². The summed E-state index contributed by atoms with van der Waals surface area (Å²) in [6.45, 7) is 0. The molecule has 3 aromatic heterocycles. The molecule has 0 radical (unpaired) electrons.